The third-order valence-electron chi connectivity index (χ3n) is 5.06. The molecule has 2 aromatic carbocycles. The van der Waals surface area contributed by atoms with Gasteiger partial charge in [-0.2, -0.15) is 5.10 Å². The summed E-state index contributed by atoms with van der Waals surface area (Å²) in [5.74, 6) is -0.377. The standard InChI is InChI=1S/C22H24FN3O2/c1-14-12-22(2,3)26(4)19-11-18(23)15(10-17(14)19)13-24-25-21(27)16-8-6-7-9-20(16)28-5/h6-13H,1-5H3,(H,25,27)/b24-13-. The van der Waals surface area contributed by atoms with Crippen LogP contribution in [0.4, 0.5) is 10.1 Å². The molecule has 5 nitrogen and oxygen atoms in total. The monoisotopic (exact) mass is 381 g/mol. The van der Waals surface area contributed by atoms with Crippen LogP contribution in [0.3, 0.4) is 0 Å². The van der Waals surface area contributed by atoms with E-state index in [2.05, 4.69) is 30.5 Å². The molecule has 1 N–H and O–H groups in total. The van der Waals surface area contributed by atoms with Crippen LogP contribution in [0.2, 0.25) is 0 Å². The van der Waals surface area contributed by atoms with E-state index in [0.29, 0.717) is 16.9 Å². The topological polar surface area (TPSA) is 53.9 Å². The van der Waals surface area contributed by atoms with E-state index in [0.717, 1.165) is 16.8 Å². The first-order chi connectivity index (χ1) is 13.2. The maximum Gasteiger partial charge on any atom is 0.275 e. The zero-order valence-electron chi connectivity index (χ0n) is 16.7. The number of nitrogens with zero attached hydrogens (tertiary/aromatic N) is 2. The van der Waals surface area contributed by atoms with Crippen LogP contribution in [-0.2, 0) is 0 Å². The number of hydrogen-bond acceptors (Lipinski definition) is 4. The predicted octanol–water partition coefficient (Wildman–Crippen LogP) is 4.23. The summed E-state index contributed by atoms with van der Waals surface area (Å²) in [6, 6.07) is 10.1. The Labute approximate surface area is 164 Å². The Hall–Kier alpha value is -3.15. The fourth-order valence-corrected chi connectivity index (χ4v) is 3.34. The van der Waals surface area contributed by atoms with E-state index >= 15 is 0 Å². The molecule has 1 aliphatic heterocycles. The Morgan fingerprint density at radius 3 is 2.71 bits per heavy atom. The lowest BCUT2D eigenvalue weighted by molar-refractivity contribution is 0.0952. The molecule has 0 aliphatic carbocycles. The maximum absolute atomic E-state index is 14.6. The van der Waals surface area contributed by atoms with Crippen LogP contribution < -0.4 is 15.1 Å². The summed E-state index contributed by atoms with van der Waals surface area (Å²) >= 11 is 0. The van der Waals surface area contributed by atoms with Crippen molar-refractivity contribution in [3.63, 3.8) is 0 Å². The molecule has 1 aliphatic rings. The first-order valence-corrected chi connectivity index (χ1v) is 8.98. The molecule has 2 aromatic rings. The first kappa shape index (κ1) is 19.6. The highest BCUT2D eigenvalue weighted by Crippen LogP contribution is 2.38. The number of carbonyl (C=O) groups is 1. The SMILES string of the molecule is COc1ccccc1C(=O)N/N=C\c1cc2c(cc1F)N(C)C(C)(C)C=C2C. The predicted molar refractivity (Wildman–Crippen MR) is 111 cm³/mol. The lowest BCUT2D eigenvalue weighted by Gasteiger charge is -2.40. The van der Waals surface area contributed by atoms with Crippen LogP contribution in [0.15, 0.2) is 47.6 Å². The van der Waals surface area contributed by atoms with E-state index in [1.54, 1.807) is 30.3 Å². The molecule has 28 heavy (non-hydrogen) atoms. The Morgan fingerprint density at radius 1 is 1.29 bits per heavy atom. The zero-order chi connectivity index (χ0) is 20.5. The van der Waals surface area contributed by atoms with Gasteiger partial charge in [0.05, 0.1) is 24.4 Å². The smallest absolute Gasteiger partial charge is 0.275 e. The van der Waals surface area contributed by atoms with Crippen LogP contribution in [0.25, 0.3) is 5.57 Å². The summed E-state index contributed by atoms with van der Waals surface area (Å²) in [6.07, 6.45) is 3.47. The quantitative estimate of drug-likeness (QED) is 0.637. The van der Waals surface area contributed by atoms with Crippen molar-refractivity contribution in [3.8, 4) is 5.75 Å². The minimum atomic E-state index is -0.426. The molecular formula is C22H24FN3O2. The summed E-state index contributed by atoms with van der Waals surface area (Å²) in [6.45, 7) is 6.18. The molecule has 6 heteroatoms. The molecule has 0 aromatic heterocycles. The number of amides is 1. The van der Waals surface area contributed by atoms with Crippen molar-refractivity contribution in [2.75, 3.05) is 19.1 Å². The highest BCUT2D eigenvalue weighted by atomic mass is 19.1. The van der Waals surface area contributed by atoms with Crippen molar-refractivity contribution in [2.45, 2.75) is 26.3 Å². The second-order valence-corrected chi connectivity index (χ2v) is 7.33. The van der Waals surface area contributed by atoms with Crippen molar-refractivity contribution in [2.24, 2.45) is 5.10 Å². The van der Waals surface area contributed by atoms with Gasteiger partial charge in [-0.15, -0.1) is 0 Å². The molecule has 1 heterocycles. The number of ether oxygens (including phenoxy) is 1. The van der Waals surface area contributed by atoms with E-state index in [9.17, 15) is 9.18 Å². The largest absolute Gasteiger partial charge is 0.496 e. The van der Waals surface area contributed by atoms with E-state index < -0.39 is 11.7 Å². The van der Waals surface area contributed by atoms with Gasteiger partial charge in [0.25, 0.3) is 5.91 Å². The molecule has 0 saturated heterocycles. The number of rotatable bonds is 4. The number of hydrogen-bond donors (Lipinski definition) is 1. The summed E-state index contributed by atoms with van der Waals surface area (Å²) in [7, 11) is 3.44. The summed E-state index contributed by atoms with van der Waals surface area (Å²) in [4.78, 5) is 14.3. The number of fused-ring (bicyclic) bond motifs is 1. The van der Waals surface area contributed by atoms with Crippen molar-refractivity contribution in [1.29, 1.82) is 0 Å². The number of halogens is 1. The van der Waals surface area contributed by atoms with E-state index in [1.165, 1.54) is 19.4 Å². The number of allylic oxidation sites excluding steroid dienone is 1. The van der Waals surface area contributed by atoms with Crippen molar-refractivity contribution >= 4 is 23.4 Å². The van der Waals surface area contributed by atoms with Crippen LogP contribution >= 0.6 is 0 Å². The second kappa shape index (κ2) is 7.46. The lowest BCUT2D eigenvalue weighted by Crippen LogP contribution is -2.42. The van der Waals surface area contributed by atoms with Crippen molar-refractivity contribution < 1.29 is 13.9 Å². The Morgan fingerprint density at radius 2 is 2.00 bits per heavy atom. The van der Waals surface area contributed by atoms with Gasteiger partial charge in [0.2, 0.25) is 0 Å². The molecule has 0 saturated carbocycles. The van der Waals surface area contributed by atoms with Gasteiger partial charge in [0.1, 0.15) is 11.6 Å². The molecule has 146 valence electrons. The lowest BCUT2D eigenvalue weighted by atomic mass is 9.88. The molecule has 1 amide bonds. The normalized spacial score (nSPS) is 15.2. The van der Waals surface area contributed by atoms with Crippen molar-refractivity contribution in [1.82, 2.24) is 5.43 Å². The molecule has 0 radical (unpaired) electrons. The Kier molecular flexibility index (Phi) is 5.23. The Bertz CT molecular complexity index is 980. The molecule has 0 bridgehead atoms. The highest BCUT2D eigenvalue weighted by Gasteiger charge is 2.29. The fraction of sp³-hybridized carbons (Fsp3) is 0.273. The second-order valence-electron chi connectivity index (χ2n) is 7.33. The fourth-order valence-electron chi connectivity index (χ4n) is 3.34. The van der Waals surface area contributed by atoms with Gasteiger partial charge in [-0.05, 0) is 50.6 Å². The number of anilines is 1. The first-order valence-electron chi connectivity index (χ1n) is 8.98. The number of para-hydroxylation sites is 1. The third kappa shape index (κ3) is 3.63. The molecular weight excluding hydrogens is 357 g/mol. The molecule has 3 rings (SSSR count). The van der Waals surface area contributed by atoms with Crippen LogP contribution in [0.5, 0.6) is 5.75 Å². The molecule has 0 atom stereocenters. The molecule has 0 fully saturated rings. The van der Waals surface area contributed by atoms with Gasteiger partial charge in [-0.3, -0.25) is 4.79 Å². The number of methoxy groups -OCH3 is 1. The van der Waals surface area contributed by atoms with Gasteiger partial charge < -0.3 is 9.64 Å². The number of carbonyl (C=O) groups excluding carboxylic acids is 1. The van der Waals surface area contributed by atoms with Gasteiger partial charge in [-0.1, -0.05) is 18.2 Å². The van der Waals surface area contributed by atoms with Gasteiger partial charge >= 0.3 is 0 Å². The number of nitrogens with one attached hydrogen (secondary N) is 1. The van der Waals surface area contributed by atoms with Crippen LogP contribution in [0.1, 0.15) is 42.3 Å². The van der Waals surface area contributed by atoms with Gasteiger partial charge in [0, 0.05) is 23.9 Å². The highest BCUT2D eigenvalue weighted by molar-refractivity contribution is 5.97. The minimum Gasteiger partial charge on any atom is -0.496 e. The van der Waals surface area contributed by atoms with Crippen molar-refractivity contribution in [3.05, 3.63) is 65.0 Å². The van der Waals surface area contributed by atoms with Crippen LogP contribution in [-0.4, -0.2) is 31.8 Å². The molecule has 0 unspecified atom stereocenters. The Balaban J connectivity index is 1.84. The number of likely N-dealkylation sites (N-methyl/N-ethyl adjacent to an activating group) is 1. The van der Waals surface area contributed by atoms with E-state index in [-0.39, 0.29) is 5.54 Å². The number of benzene rings is 2. The van der Waals surface area contributed by atoms with E-state index in [1.807, 2.05) is 18.9 Å². The van der Waals surface area contributed by atoms with Crippen LogP contribution in [0, 0.1) is 5.82 Å². The third-order valence-corrected chi connectivity index (χ3v) is 5.06. The minimum absolute atomic E-state index is 0.193. The summed E-state index contributed by atoms with van der Waals surface area (Å²) in [5, 5.41) is 3.92. The summed E-state index contributed by atoms with van der Waals surface area (Å²) in [5.41, 5.74) is 5.74. The maximum atomic E-state index is 14.6. The van der Waals surface area contributed by atoms with Gasteiger partial charge in [-0.25, -0.2) is 9.82 Å². The average Bonchev–Trinajstić information content (AvgIpc) is 2.66. The average molecular weight is 381 g/mol. The summed E-state index contributed by atoms with van der Waals surface area (Å²) < 4.78 is 19.8. The molecule has 0 spiro atoms. The van der Waals surface area contributed by atoms with Gasteiger partial charge in [0.15, 0.2) is 0 Å². The number of hydrazone groups is 1. The zero-order valence-corrected chi connectivity index (χ0v) is 16.7. The van der Waals surface area contributed by atoms with E-state index in [4.69, 9.17) is 4.74 Å².